The van der Waals surface area contributed by atoms with E-state index in [1.165, 1.54) is 0 Å². The molecule has 0 spiro atoms. The zero-order valence-corrected chi connectivity index (χ0v) is 14.0. The summed E-state index contributed by atoms with van der Waals surface area (Å²) < 4.78 is 0. The zero-order chi connectivity index (χ0) is 17.4. The van der Waals surface area contributed by atoms with E-state index in [2.05, 4.69) is 10.3 Å². The number of pyridine rings is 1. The van der Waals surface area contributed by atoms with E-state index in [4.69, 9.17) is 11.6 Å². The van der Waals surface area contributed by atoms with Gasteiger partial charge in [-0.05, 0) is 29.3 Å². The second-order valence-corrected chi connectivity index (χ2v) is 6.44. The number of amides is 1. The molecule has 1 atom stereocenters. The van der Waals surface area contributed by atoms with Gasteiger partial charge in [-0.2, -0.15) is 0 Å². The van der Waals surface area contributed by atoms with Crippen LogP contribution in [0.4, 0.5) is 5.69 Å². The molecule has 5 heteroatoms. The first-order valence-corrected chi connectivity index (χ1v) is 8.29. The van der Waals surface area contributed by atoms with Crippen LogP contribution in [-0.4, -0.2) is 16.0 Å². The van der Waals surface area contributed by atoms with Crippen molar-refractivity contribution in [2.45, 2.75) is 11.8 Å². The average molecular weight is 351 g/mol. The van der Waals surface area contributed by atoms with E-state index in [0.29, 0.717) is 16.4 Å². The Labute approximate surface area is 150 Å². The van der Waals surface area contributed by atoms with E-state index in [1.54, 1.807) is 24.4 Å². The highest BCUT2D eigenvalue weighted by atomic mass is 35.5. The van der Waals surface area contributed by atoms with Gasteiger partial charge in [0.15, 0.2) is 0 Å². The SMILES string of the molecule is O=C1Nc2c(Cl)cccc2C1(Cc1ncccc1O)c1ccccc1. The summed E-state index contributed by atoms with van der Waals surface area (Å²) in [5, 5.41) is 13.6. The van der Waals surface area contributed by atoms with Crippen molar-refractivity contribution < 1.29 is 9.90 Å². The number of aromatic nitrogens is 1. The number of aromatic hydroxyl groups is 1. The van der Waals surface area contributed by atoms with E-state index in [0.717, 1.165) is 11.1 Å². The van der Waals surface area contributed by atoms with Crippen LogP contribution in [0.25, 0.3) is 0 Å². The molecule has 2 heterocycles. The molecule has 0 aliphatic carbocycles. The van der Waals surface area contributed by atoms with Crippen molar-refractivity contribution in [3.8, 4) is 5.75 Å². The van der Waals surface area contributed by atoms with Crippen LogP contribution in [0, 0.1) is 0 Å². The summed E-state index contributed by atoms with van der Waals surface area (Å²) >= 11 is 6.30. The number of rotatable bonds is 3. The van der Waals surface area contributed by atoms with E-state index < -0.39 is 5.41 Å². The van der Waals surface area contributed by atoms with Crippen molar-refractivity contribution in [2.24, 2.45) is 0 Å². The molecular weight excluding hydrogens is 336 g/mol. The Balaban J connectivity index is 1.98. The lowest BCUT2D eigenvalue weighted by atomic mass is 9.72. The minimum Gasteiger partial charge on any atom is -0.506 e. The van der Waals surface area contributed by atoms with Crippen LogP contribution in [0.1, 0.15) is 16.8 Å². The van der Waals surface area contributed by atoms with Crippen molar-refractivity contribution in [1.29, 1.82) is 0 Å². The topological polar surface area (TPSA) is 62.2 Å². The van der Waals surface area contributed by atoms with Gasteiger partial charge in [0, 0.05) is 12.6 Å². The van der Waals surface area contributed by atoms with Gasteiger partial charge in [0.2, 0.25) is 5.91 Å². The Morgan fingerprint density at radius 3 is 2.60 bits per heavy atom. The summed E-state index contributed by atoms with van der Waals surface area (Å²) in [6.45, 7) is 0. The molecule has 25 heavy (non-hydrogen) atoms. The highest BCUT2D eigenvalue weighted by molar-refractivity contribution is 6.35. The third kappa shape index (κ3) is 2.37. The number of carbonyl (C=O) groups is 1. The number of anilines is 1. The molecule has 1 amide bonds. The fourth-order valence-electron chi connectivity index (χ4n) is 3.45. The Kier molecular flexibility index (Phi) is 3.70. The van der Waals surface area contributed by atoms with Crippen molar-refractivity contribution >= 4 is 23.2 Å². The summed E-state index contributed by atoms with van der Waals surface area (Å²) in [4.78, 5) is 17.4. The maximum atomic E-state index is 13.1. The number of benzene rings is 2. The normalized spacial score (nSPS) is 18.7. The van der Waals surface area contributed by atoms with Crippen molar-refractivity contribution in [2.75, 3.05) is 5.32 Å². The number of nitrogens with one attached hydrogen (secondary N) is 1. The highest BCUT2D eigenvalue weighted by Gasteiger charge is 2.49. The van der Waals surface area contributed by atoms with E-state index in [-0.39, 0.29) is 18.1 Å². The first-order valence-electron chi connectivity index (χ1n) is 7.92. The van der Waals surface area contributed by atoms with Gasteiger partial charge in [0.1, 0.15) is 11.2 Å². The number of para-hydroxylation sites is 1. The number of carbonyl (C=O) groups excluding carboxylic acids is 1. The van der Waals surface area contributed by atoms with Crippen molar-refractivity contribution in [1.82, 2.24) is 4.98 Å². The summed E-state index contributed by atoms with van der Waals surface area (Å²) in [5.74, 6) is -0.104. The molecule has 0 saturated heterocycles. The quantitative estimate of drug-likeness (QED) is 0.752. The van der Waals surface area contributed by atoms with Gasteiger partial charge < -0.3 is 10.4 Å². The van der Waals surface area contributed by atoms with Crippen LogP contribution in [-0.2, 0) is 16.6 Å². The third-order valence-electron chi connectivity index (χ3n) is 4.66. The summed E-state index contributed by atoms with van der Waals surface area (Å²) in [6.07, 6.45) is 1.85. The lowest BCUT2D eigenvalue weighted by Crippen LogP contribution is -2.38. The largest absolute Gasteiger partial charge is 0.506 e. The van der Waals surface area contributed by atoms with Crippen LogP contribution in [0.2, 0.25) is 5.02 Å². The Morgan fingerprint density at radius 2 is 1.84 bits per heavy atom. The number of hydrogen-bond donors (Lipinski definition) is 2. The smallest absolute Gasteiger partial charge is 0.240 e. The maximum Gasteiger partial charge on any atom is 0.240 e. The first kappa shape index (κ1) is 15.7. The number of nitrogens with zero attached hydrogens (tertiary/aromatic N) is 1. The molecule has 1 aromatic heterocycles. The summed E-state index contributed by atoms with van der Waals surface area (Å²) in [7, 11) is 0. The minimum atomic E-state index is -0.993. The molecule has 4 rings (SSSR count). The van der Waals surface area contributed by atoms with Gasteiger partial charge in [-0.1, -0.05) is 54.1 Å². The minimum absolute atomic E-state index is 0.0704. The molecule has 1 unspecified atom stereocenters. The van der Waals surface area contributed by atoms with Gasteiger partial charge in [0.05, 0.1) is 16.4 Å². The van der Waals surface area contributed by atoms with Crippen LogP contribution in [0.5, 0.6) is 5.75 Å². The molecular formula is C20H15ClN2O2. The lowest BCUT2D eigenvalue weighted by Gasteiger charge is -2.28. The monoisotopic (exact) mass is 350 g/mol. The summed E-state index contributed by atoms with van der Waals surface area (Å²) in [6, 6.07) is 18.2. The molecule has 0 bridgehead atoms. The van der Waals surface area contributed by atoms with Crippen LogP contribution < -0.4 is 5.32 Å². The molecule has 2 N–H and O–H groups in total. The predicted molar refractivity (Wildman–Crippen MR) is 96.9 cm³/mol. The summed E-state index contributed by atoms with van der Waals surface area (Å²) in [5.41, 5.74) is 1.72. The molecule has 124 valence electrons. The van der Waals surface area contributed by atoms with Gasteiger partial charge in [-0.15, -0.1) is 0 Å². The Bertz CT molecular complexity index is 959. The van der Waals surface area contributed by atoms with E-state index >= 15 is 0 Å². The molecule has 0 saturated carbocycles. The van der Waals surface area contributed by atoms with Crippen molar-refractivity contribution in [3.05, 3.63) is 88.7 Å². The second kappa shape index (κ2) is 5.90. The van der Waals surface area contributed by atoms with E-state index in [9.17, 15) is 9.90 Å². The maximum absolute atomic E-state index is 13.1. The Hall–Kier alpha value is -2.85. The molecule has 0 radical (unpaired) electrons. The van der Waals surface area contributed by atoms with Crippen molar-refractivity contribution in [3.63, 3.8) is 0 Å². The Morgan fingerprint density at radius 1 is 1.04 bits per heavy atom. The standard InChI is InChI=1S/C20H15ClN2O2/c21-15-9-4-8-14-18(15)23-19(25)20(14,13-6-2-1-3-7-13)12-16-17(24)10-5-11-22-16/h1-11,24H,12H2,(H,23,25). The van der Waals surface area contributed by atoms with Crippen LogP contribution >= 0.6 is 11.6 Å². The number of fused-ring (bicyclic) bond motifs is 1. The fraction of sp³-hybridized carbons (Fsp3) is 0.100. The number of hydrogen-bond acceptors (Lipinski definition) is 3. The van der Waals surface area contributed by atoms with E-state index in [1.807, 2.05) is 42.5 Å². The third-order valence-corrected chi connectivity index (χ3v) is 4.98. The number of halogens is 1. The van der Waals surface area contributed by atoms with Crippen LogP contribution in [0.15, 0.2) is 66.9 Å². The van der Waals surface area contributed by atoms with Gasteiger partial charge in [-0.25, -0.2) is 0 Å². The molecule has 1 aliphatic rings. The average Bonchev–Trinajstić information content (AvgIpc) is 2.92. The first-order chi connectivity index (χ1) is 12.1. The highest BCUT2D eigenvalue weighted by Crippen LogP contribution is 2.47. The molecule has 4 nitrogen and oxygen atoms in total. The van der Waals surface area contributed by atoms with Gasteiger partial charge in [0.25, 0.3) is 0 Å². The second-order valence-electron chi connectivity index (χ2n) is 6.03. The van der Waals surface area contributed by atoms with Crippen LogP contribution in [0.3, 0.4) is 0 Å². The lowest BCUT2D eigenvalue weighted by molar-refractivity contribution is -0.119. The fourth-order valence-corrected chi connectivity index (χ4v) is 3.67. The molecule has 1 aliphatic heterocycles. The van der Waals surface area contributed by atoms with Gasteiger partial charge >= 0.3 is 0 Å². The zero-order valence-electron chi connectivity index (χ0n) is 13.2. The molecule has 0 fully saturated rings. The molecule has 3 aromatic rings. The van der Waals surface area contributed by atoms with Gasteiger partial charge in [-0.3, -0.25) is 9.78 Å². The predicted octanol–water partition coefficient (Wildman–Crippen LogP) is 3.92. The molecule has 2 aromatic carbocycles.